The van der Waals surface area contributed by atoms with Crippen LogP contribution in [0.4, 0.5) is 21.5 Å². The van der Waals surface area contributed by atoms with Crippen LogP contribution >= 0.6 is 0 Å². The Hall–Kier alpha value is -3.07. The number of nitrogens with zero attached hydrogens (tertiary/aromatic N) is 2. The van der Waals surface area contributed by atoms with E-state index >= 15 is 0 Å². The molecule has 9 heteroatoms. The Labute approximate surface area is 155 Å². The second-order valence-corrected chi connectivity index (χ2v) is 6.19. The van der Waals surface area contributed by atoms with Crippen molar-refractivity contribution in [3.63, 3.8) is 0 Å². The van der Waals surface area contributed by atoms with Crippen molar-refractivity contribution in [1.82, 2.24) is 0 Å². The molecule has 0 bridgehead atoms. The molecule has 0 aliphatic rings. The topological polar surface area (TPSA) is 119 Å². The van der Waals surface area contributed by atoms with E-state index in [1.54, 1.807) is 12.1 Å². The molecule has 0 unspecified atom stereocenters. The number of nitro groups is 2. The highest BCUT2D eigenvalue weighted by molar-refractivity contribution is 5.49. The standard InChI is InChI=1S/C12H18N2O3.C6H4FNO2/c1-9(2)7-11(8-15)13-10-3-5-12(6-4-10)14(16)17;7-5-1-3-6(4-2-5)8(9)10/h3-6,9,11,13,15H,7-8H2,1-2H3;1-4H/t11-;/m0./s1. The van der Waals surface area contributed by atoms with Gasteiger partial charge in [-0.2, -0.15) is 0 Å². The van der Waals surface area contributed by atoms with Crippen molar-refractivity contribution in [2.24, 2.45) is 5.92 Å². The zero-order valence-corrected chi connectivity index (χ0v) is 15.0. The lowest BCUT2D eigenvalue weighted by Gasteiger charge is -2.19. The van der Waals surface area contributed by atoms with Gasteiger partial charge in [0.25, 0.3) is 11.4 Å². The summed E-state index contributed by atoms with van der Waals surface area (Å²) < 4.78 is 12.1. The summed E-state index contributed by atoms with van der Waals surface area (Å²) in [6, 6.07) is 10.5. The van der Waals surface area contributed by atoms with Crippen molar-refractivity contribution < 1.29 is 19.3 Å². The molecule has 0 amide bonds. The third kappa shape index (κ3) is 8.23. The summed E-state index contributed by atoms with van der Waals surface area (Å²) in [5.74, 6) is 0.0169. The van der Waals surface area contributed by atoms with Gasteiger partial charge in [-0.3, -0.25) is 20.2 Å². The molecule has 0 aliphatic heterocycles. The van der Waals surface area contributed by atoms with Gasteiger partial charge in [-0.05, 0) is 36.6 Å². The van der Waals surface area contributed by atoms with Crippen molar-refractivity contribution in [2.45, 2.75) is 26.3 Å². The lowest BCUT2D eigenvalue weighted by Crippen LogP contribution is -2.25. The van der Waals surface area contributed by atoms with E-state index in [4.69, 9.17) is 0 Å². The van der Waals surface area contributed by atoms with Gasteiger partial charge in [0.2, 0.25) is 0 Å². The molecule has 0 saturated carbocycles. The summed E-state index contributed by atoms with van der Waals surface area (Å²) in [4.78, 5) is 19.5. The highest BCUT2D eigenvalue weighted by Crippen LogP contribution is 2.17. The van der Waals surface area contributed by atoms with E-state index in [0.717, 1.165) is 36.4 Å². The van der Waals surface area contributed by atoms with E-state index in [9.17, 15) is 29.7 Å². The minimum atomic E-state index is -0.570. The highest BCUT2D eigenvalue weighted by Gasteiger charge is 2.10. The molecular formula is C18H22FN3O5. The third-order valence-corrected chi connectivity index (χ3v) is 3.46. The van der Waals surface area contributed by atoms with Crippen LogP contribution in [0.25, 0.3) is 0 Å². The van der Waals surface area contributed by atoms with E-state index in [-0.39, 0.29) is 24.0 Å². The quantitative estimate of drug-likeness (QED) is 0.551. The lowest BCUT2D eigenvalue weighted by atomic mass is 10.0. The average molecular weight is 379 g/mol. The molecule has 0 heterocycles. The first-order valence-corrected chi connectivity index (χ1v) is 8.24. The maximum absolute atomic E-state index is 12.1. The summed E-state index contributed by atoms with van der Waals surface area (Å²) in [7, 11) is 0. The molecular weight excluding hydrogens is 357 g/mol. The average Bonchev–Trinajstić information content (AvgIpc) is 2.62. The number of non-ortho nitro benzene ring substituents is 2. The molecule has 2 aromatic rings. The van der Waals surface area contributed by atoms with Crippen LogP contribution in [-0.4, -0.2) is 27.6 Å². The van der Waals surface area contributed by atoms with Gasteiger partial charge < -0.3 is 10.4 Å². The Bertz CT molecular complexity index is 736. The number of anilines is 1. The van der Waals surface area contributed by atoms with Gasteiger partial charge in [-0.15, -0.1) is 0 Å². The van der Waals surface area contributed by atoms with Gasteiger partial charge >= 0.3 is 0 Å². The Morgan fingerprint density at radius 2 is 1.41 bits per heavy atom. The zero-order valence-electron chi connectivity index (χ0n) is 15.0. The molecule has 146 valence electrons. The molecule has 8 nitrogen and oxygen atoms in total. The van der Waals surface area contributed by atoms with Crippen LogP contribution < -0.4 is 5.32 Å². The molecule has 0 aromatic heterocycles. The van der Waals surface area contributed by atoms with E-state index in [1.165, 1.54) is 12.1 Å². The second kappa shape index (κ2) is 10.8. The van der Waals surface area contributed by atoms with Crippen molar-refractivity contribution in [1.29, 1.82) is 0 Å². The third-order valence-electron chi connectivity index (χ3n) is 3.46. The molecule has 2 aromatic carbocycles. The van der Waals surface area contributed by atoms with E-state index in [0.29, 0.717) is 5.92 Å². The number of nitrogens with one attached hydrogen (secondary N) is 1. The predicted molar refractivity (Wildman–Crippen MR) is 100 cm³/mol. The number of halogens is 1. The first kappa shape index (κ1) is 22.0. The normalized spacial score (nSPS) is 11.3. The number of hydrogen-bond donors (Lipinski definition) is 2. The number of benzene rings is 2. The fourth-order valence-electron chi connectivity index (χ4n) is 2.23. The molecule has 0 saturated heterocycles. The summed E-state index contributed by atoms with van der Waals surface area (Å²) in [5.41, 5.74) is 0.761. The van der Waals surface area contributed by atoms with Gasteiger partial charge in [0, 0.05) is 36.0 Å². The van der Waals surface area contributed by atoms with E-state index in [1.807, 2.05) is 0 Å². The van der Waals surface area contributed by atoms with Gasteiger partial charge in [0.1, 0.15) is 5.82 Å². The molecule has 2 N–H and O–H groups in total. The van der Waals surface area contributed by atoms with Gasteiger partial charge in [0.05, 0.1) is 16.5 Å². The largest absolute Gasteiger partial charge is 0.394 e. The SMILES string of the molecule is CC(C)C[C@@H](CO)Nc1ccc([N+](=O)[O-])cc1.O=[N+]([O-])c1ccc(F)cc1. The fraction of sp³-hybridized carbons (Fsp3) is 0.333. The van der Waals surface area contributed by atoms with Crippen LogP contribution in [0.2, 0.25) is 0 Å². The first-order valence-electron chi connectivity index (χ1n) is 8.24. The Kier molecular flexibility index (Phi) is 8.80. The molecule has 0 spiro atoms. The van der Waals surface area contributed by atoms with Crippen molar-refractivity contribution >= 4 is 17.1 Å². The molecule has 0 radical (unpaired) electrons. The summed E-state index contributed by atoms with van der Waals surface area (Å²) >= 11 is 0. The summed E-state index contributed by atoms with van der Waals surface area (Å²) in [6.07, 6.45) is 0.855. The van der Waals surface area contributed by atoms with Crippen LogP contribution in [0.1, 0.15) is 20.3 Å². The van der Waals surface area contributed by atoms with Crippen molar-refractivity contribution in [2.75, 3.05) is 11.9 Å². The van der Waals surface area contributed by atoms with Gasteiger partial charge in [0.15, 0.2) is 0 Å². The number of nitro benzene ring substituents is 2. The van der Waals surface area contributed by atoms with E-state index < -0.39 is 15.7 Å². The monoisotopic (exact) mass is 379 g/mol. The van der Waals surface area contributed by atoms with Crippen molar-refractivity contribution in [3.8, 4) is 0 Å². The predicted octanol–water partition coefficient (Wildman–Crippen LogP) is 4.15. The molecule has 1 atom stereocenters. The van der Waals surface area contributed by atoms with Crippen molar-refractivity contribution in [3.05, 3.63) is 74.6 Å². The highest BCUT2D eigenvalue weighted by atomic mass is 19.1. The Morgan fingerprint density at radius 3 is 1.78 bits per heavy atom. The first-order chi connectivity index (χ1) is 12.7. The maximum Gasteiger partial charge on any atom is 0.269 e. The van der Waals surface area contributed by atoms with Crippen LogP contribution in [-0.2, 0) is 0 Å². The molecule has 0 fully saturated rings. The van der Waals surface area contributed by atoms with Gasteiger partial charge in [-0.1, -0.05) is 13.8 Å². The molecule has 0 aliphatic carbocycles. The summed E-state index contributed by atoms with van der Waals surface area (Å²) in [5, 5.41) is 32.8. The Balaban J connectivity index is 0.000000309. The fourth-order valence-corrected chi connectivity index (χ4v) is 2.23. The van der Waals surface area contributed by atoms with Crippen LogP contribution in [0.5, 0.6) is 0 Å². The number of aliphatic hydroxyl groups is 1. The number of rotatable bonds is 7. The van der Waals surface area contributed by atoms with Gasteiger partial charge in [-0.25, -0.2) is 4.39 Å². The minimum absolute atomic E-state index is 0.0172. The molecule has 2 rings (SSSR count). The zero-order chi connectivity index (χ0) is 20.4. The number of aliphatic hydroxyl groups excluding tert-OH is 1. The van der Waals surface area contributed by atoms with Crippen LogP contribution in [0.15, 0.2) is 48.5 Å². The van der Waals surface area contributed by atoms with E-state index in [2.05, 4.69) is 19.2 Å². The Morgan fingerprint density at radius 1 is 0.963 bits per heavy atom. The van der Waals surface area contributed by atoms with Crippen LogP contribution in [0, 0.1) is 32.0 Å². The lowest BCUT2D eigenvalue weighted by molar-refractivity contribution is -0.385. The second-order valence-electron chi connectivity index (χ2n) is 6.19. The number of hydrogen-bond acceptors (Lipinski definition) is 6. The maximum atomic E-state index is 12.1. The smallest absolute Gasteiger partial charge is 0.269 e. The molecule has 27 heavy (non-hydrogen) atoms. The van der Waals surface area contributed by atoms with Crippen LogP contribution in [0.3, 0.4) is 0 Å². The summed E-state index contributed by atoms with van der Waals surface area (Å²) in [6.45, 7) is 4.22. The minimum Gasteiger partial charge on any atom is -0.394 e.